The first-order valence-electron chi connectivity index (χ1n) is 11.7. The number of rotatable bonds is 7. The third kappa shape index (κ3) is 4.99. The minimum absolute atomic E-state index is 0.0335. The van der Waals surface area contributed by atoms with Gasteiger partial charge in [0, 0.05) is 31.0 Å². The van der Waals surface area contributed by atoms with Gasteiger partial charge in [0.2, 0.25) is 0 Å². The third-order valence-electron chi connectivity index (χ3n) is 6.37. The molecule has 2 aromatic carbocycles. The van der Waals surface area contributed by atoms with Gasteiger partial charge in [0.15, 0.2) is 0 Å². The number of aliphatic hydroxyl groups is 1. The second-order valence-electron chi connectivity index (χ2n) is 9.75. The van der Waals surface area contributed by atoms with Gasteiger partial charge >= 0.3 is 0 Å². The molecule has 7 heteroatoms. The number of carbonyl (C=O) groups excluding carboxylic acids is 2. The van der Waals surface area contributed by atoms with Gasteiger partial charge in [0.1, 0.15) is 11.5 Å². The summed E-state index contributed by atoms with van der Waals surface area (Å²) >= 11 is 0. The number of aromatic nitrogens is 2. The maximum absolute atomic E-state index is 13.2. The van der Waals surface area contributed by atoms with Gasteiger partial charge in [0.25, 0.3) is 11.7 Å². The smallest absolute Gasteiger partial charge is 0.295 e. The molecule has 3 aromatic rings. The van der Waals surface area contributed by atoms with Crippen LogP contribution in [0.4, 0.5) is 0 Å². The Morgan fingerprint density at radius 1 is 1.03 bits per heavy atom. The van der Waals surface area contributed by atoms with Crippen molar-refractivity contribution < 1.29 is 19.4 Å². The minimum atomic E-state index is -0.675. The minimum Gasteiger partial charge on any atom is -0.507 e. The number of nitrogens with zero attached hydrogens (tertiary/aromatic N) is 3. The number of ketones is 1. The average molecular weight is 474 g/mol. The first kappa shape index (κ1) is 24.3. The van der Waals surface area contributed by atoms with E-state index in [1.165, 1.54) is 0 Å². The predicted molar refractivity (Wildman–Crippen MR) is 134 cm³/mol. The lowest BCUT2D eigenvalue weighted by Crippen LogP contribution is -2.31. The highest BCUT2D eigenvalue weighted by Gasteiger charge is 2.45. The van der Waals surface area contributed by atoms with Crippen molar-refractivity contribution in [2.75, 3.05) is 13.7 Å². The van der Waals surface area contributed by atoms with Crippen LogP contribution in [-0.2, 0) is 21.5 Å². The molecular weight excluding hydrogens is 442 g/mol. The molecule has 2 heterocycles. The Kier molecular flexibility index (Phi) is 6.78. The van der Waals surface area contributed by atoms with Gasteiger partial charge in [-0.25, -0.2) is 4.98 Å². The van der Waals surface area contributed by atoms with Gasteiger partial charge in [0.05, 0.1) is 25.1 Å². The first-order chi connectivity index (χ1) is 16.7. The molecule has 1 atom stereocenters. The van der Waals surface area contributed by atoms with Crippen LogP contribution in [-0.4, -0.2) is 44.9 Å². The molecule has 1 fully saturated rings. The van der Waals surface area contributed by atoms with Crippen LogP contribution in [0.3, 0.4) is 0 Å². The third-order valence-corrected chi connectivity index (χ3v) is 6.37. The van der Waals surface area contributed by atoms with Crippen molar-refractivity contribution in [2.24, 2.45) is 0 Å². The Balaban J connectivity index is 1.73. The summed E-state index contributed by atoms with van der Waals surface area (Å²) in [6.45, 7) is 7.43. The summed E-state index contributed by atoms with van der Waals surface area (Å²) in [5.74, 6) is -0.828. The molecule has 1 aliphatic heterocycles. The maximum atomic E-state index is 13.2. The Morgan fingerprint density at radius 2 is 1.71 bits per heavy atom. The number of hydrogen-bond donors (Lipinski definition) is 1. The molecule has 1 amide bonds. The number of hydrogen-bond acceptors (Lipinski definition) is 5. The van der Waals surface area contributed by atoms with Crippen molar-refractivity contribution in [3.8, 4) is 5.75 Å². The lowest BCUT2D eigenvalue weighted by Gasteiger charge is -2.26. The summed E-state index contributed by atoms with van der Waals surface area (Å²) in [6.07, 6.45) is 5.93. The van der Waals surface area contributed by atoms with E-state index >= 15 is 0 Å². The van der Waals surface area contributed by atoms with Crippen molar-refractivity contribution in [1.82, 2.24) is 14.5 Å². The van der Waals surface area contributed by atoms with E-state index < -0.39 is 17.7 Å². The molecule has 0 spiro atoms. The monoisotopic (exact) mass is 473 g/mol. The Hall–Kier alpha value is -3.87. The number of methoxy groups -OCH3 is 1. The quantitative estimate of drug-likeness (QED) is 0.305. The topological polar surface area (TPSA) is 84.7 Å². The molecule has 1 N–H and O–H groups in total. The molecule has 1 aliphatic rings. The van der Waals surface area contributed by atoms with Crippen LogP contribution in [0.5, 0.6) is 5.75 Å². The Bertz CT molecular complexity index is 1220. The van der Waals surface area contributed by atoms with Crippen LogP contribution in [0.1, 0.15) is 49.9 Å². The zero-order valence-corrected chi connectivity index (χ0v) is 20.6. The van der Waals surface area contributed by atoms with Gasteiger partial charge in [-0.3, -0.25) is 9.59 Å². The molecule has 0 saturated carbocycles. The lowest BCUT2D eigenvalue weighted by atomic mass is 9.85. The number of aryl methyl sites for hydroxylation is 1. The number of benzene rings is 2. The normalized spacial score (nSPS) is 17.7. The van der Waals surface area contributed by atoms with Gasteiger partial charge in [-0.2, -0.15) is 0 Å². The zero-order chi connectivity index (χ0) is 25.2. The summed E-state index contributed by atoms with van der Waals surface area (Å²) in [5, 5.41) is 11.2. The van der Waals surface area contributed by atoms with E-state index in [0.29, 0.717) is 30.8 Å². The first-order valence-corrected chi connectivity index (χ1v) is 11.7. The number of amides is 1. The molecule has 35 heavy (non-hydrogen) atoms. The van der Waals surface area contributed by atoms with E-state index in [1.807, 2.05) is 35.0 Å². The number of imidazole rings is 1. The lowest BCUT2D eigenvalue weighted by molar-refractivity contribution is -0.139. The molecule has 7 nitrogen and oxygen atoms in total. The van der Waals surface area contributed by atoms with Crippen molar-refractivity contribution >= 4 is 17.4 Å². The van der Waals surface area contributed by atoms with E-state index in [0.717, 1.165) is 11.1 Å². The highest BCUT2D eigenvalue weighted by molar-refractivity contribution is 6.46. The van der Waals surface area contributed by atoms with Crippen LogP contribution in [0.25, 0.3) is 5.76 Å². The predicted octanol–water partition coefficient (Wildman–Crippen LogP) is 4.70. The van der Waals surface area contributed by atoms with Gasteiger partial charge in [-0.15, -0.1) is 0 Å². The Labute approximate surface area is 205 Å². The summed E-state index contributed by atoms with van der Waals surface area (Å²) in [6, 6.07) is 14.0. The van der Waals surface area contributed by atoms with Crippen LogP contribution in [0.2, 0.25) is 0 Å². The van der Waals surface area contributed by atoms with Crippen LogP contribution in [0, 0.1) is 0 Å². The number of carbonyl (C=O) groups is 2. The maximum Gasteiger partial charge on any atom is 0.295 e. The molecule has 4 rings (SSSR count). The van der Waals surface area contributed by atoms with Crippen LogP contribution < -0.4 is 4.74 Å². The molecule has 0 aliphatic carbocycles. The SMILES string of the molecule is COc1ccc(/C(O)=C2\C(=O)C(=O)N(CCCn3ccnc3)C2c2ccc(C(C)(C)C)cc2)cc1. The van der Waals surface area contributed by atoms with Crippen molar-refractivity contribution in [3.63, 3.8) is 0 Å². The van der Waals surface area contributed by atoms with Gasteiger partial charge in [-0.05, 0) is 47.2 Å². The van der Waals surface area contributed by atoms with E-state index in [9.17, 15) is 14.7 Å². The second kappa shape index (κ2) is 9.78. The fourth-order valence-electron chi connectivity index (χ4n) is 4.37. The summed E-state index contributed by atoms with van der Waals surface area (Å²) in [5.41, 5.74) is 2.46. The second-order valence-corrected chi connectivity index (χ2v) is 9.75. The number of Topliss-reactive ketones (excluding diaryl/α,β-unsaturated/α-hetero) is 1. The van der Waals surface area contributed by atoms with Crippen LogP contribution >= 0.6 is 0 Å². The molecule has 1 saturated heterocycles. The molecule has 1 unspecified atom stereocenters. The summed E-state index contributed by atoms with van der Waals surface area (Å²) < 4.78 is 7.13. The summed E-state index contributed by atoms with van der Waals surface area (Å²) in [4.78, 5) is 32.0. The molecule has 182 valence electrons. The Morgan fingerprint density at radius 3 is 2.29 bits per heavy atom. The fourth-order valence-corrected chi connectivity index (χ4v) is 4.37. The zero-order valence-electron chi connectivity index (χ0n) is 20.6. The highest BCUT2D eigenvalue weighted by atomic mass is 16.5. The number of ether oxygens (including phenoxy) is 1. The number of aliphatic hydroxyl groups excluding tert-OH is 1. The van der Waals surface area contributed by atoms with Gasteiger partial charge in [-0.1, -0.05) is 45.0 Å². The molecule has 0 radical (unpaired) electrons. The van der Waals surface area contributed by atoms with Gasteiger partial charge < -0.3 is 19.3 Å². The standard InChI is InChI=1S/C28H31N3O4/c1-28(2,3)21-10-6-19(7-11-21)24-23(25(32)20-8-12-22(35-4)13-9-20)26(33)27(34)31(24)16-5-15-30-17-14-29-18-30/h6-14,17-18,24,32H,5,15-16H2,1-4H3/b25-23+. The van der Waals surface area contributed by atoms with Crippen molar-refractivity contribution in [1.29, 1.82) is 0 Å². The average Bonchev–Trinajstić information content (AvgIpc) is 3.45. The molecule has 0 bridgehead atoms. The largest absolute Gasteiger partial charge is 0.507 e. The number of likely N-dealkylation sites (tertiary alicyclic amines) is 1. The van der Waals surface area contributed by atoms with E-state index in [4.69, 9.17) is 4.74 Å². The molecule has 1 aromatic heterocycles. The van der Waals surface area contributed by atoms with Crippen LogP contribution in [0.15, 0.2) is 72.8 Å². The van der Waals surface area contributed by atoms with Crippen molar-refractivity contribution in [2.45, 2.75) is 45.2 Å². The van der Waals surface area contributed by atoms with E-state index in [-0.39, 0.29) is 16.7 Å². The highest BCUT2D eigenvalue weighted by Crippen LogP contribution is 2.40. The molecular formula is C28H31N3O4. The van der Waals surface area contributed by atoms with E-state index in [1.54, 1.807) is 48.8 Å². The van der Waals surface area contributed by atoms with E-state index in [2.05, 4.69) is 25.8 Å². The fraction of sp³-hybridized carbons (Fsp3) is 0.321. The van der Waals surface area contributed by atoms with Crippen molar-refractivity contribution in [3.05, 3.63) is 89.5 Å². The summed E-state index contributed by atoms with van der Waals surface area (Å²) in [7, 11) is 1.56.